The third-order valence-corrected chi connectivity index (χ3v) is 4.27. The van der Waals surface area contributed by atoms with Gasteiger partial charge in [-0.05, 0) is 63.3 Å². The highest BCUT2D eigenvalue weighted by Gasteiger charge is 2.28. The summed E-state index contributed by atoms with van der Waals surface area (Å²) in [5.41, 5.74) is 5.45. The standard InChI is InChI=1S/C21H29N3O.ClH/c1-14-10-15(2)24-17(11-14)22-18(16-8-9-25-12-16)19(24)23-21(6,7)13-20(3,4)5;/h8-12,23H,13H2,1-7H3;1H. The first-order valence-corrected chi connectivity index (χ1v) is 8.86. The van der Waals surface area contributed by atoms with E-state index in [0.717, 1.165) is 29.1 Å². The lowest BCUT2D eigenvalue weighted by atomic mass is 9.82. The largest absolute Gasteiger partial charge is 0.472 e. The maximum Gasteiger partial charge on any atom is 0.139 e. The highest BCUT2D eigenvalue weighted by Crippen LogP contribution is 2.35. The number of anilines is 1. The molecule has 1 N–H and O–H groups in total. The molecule has 3 rings (SSSR count). The van der Waals surface area contributed by atoms with Gasteiger partial charge < -0.3 is 9.73 Å². The van der Waals surface area contributed by atoms with Crippen molar-refractivity contribution in [2.75, 3.05) is 5.32 Å². The van der Waals surface area contributed by atoms with Crippen LogP contribution < -0.4 is 5.32 Å². The third kappa shape index (κ3) is 4.24. The van der Waals surface area contributed by atoms with Crippen molar-refractivity contribution >= 4 is 23.9 Å². The summed E-state index contributed by atoms with van der Waals surface area (Å²) in [6.45, 7) is 15.6. The SMILES string of the molecule is Cc1cc(C)n2c(NC(C)(C)CC(C)(C)C)c(-c3ccoc3)nc2c1.Cl. The van der Waals surface area contributed by atoms with Gasteiger partial charge in [0.05, 0.1) is 12.5 Å². The summed E-state index contributed by atoms with van der Waals surface area (Å²) in [7, 11) is 0. The topological polar surface area (TPSA) is 42.5 Å². The molecule has 0 unspecified atom stereocenters. The summed E-state index contributed by atoms with van der Waals surface area (Å²) in [5, 5.41) is 3.77. The van der Waals surface area contributed by atoms with Gasteiger partial charge in [-0.2, -0.15) is 0 Å². The quantitative estimate of drug-likeness (QED) is 0.585. The lowest BCUT2D eigenvalue weighted by molar-refractivity contribution is 0.302. The molecule has 3 aromatic heterocycles. The Morgan fingerprint density at radius 3 is 2.38 bits per heavy atom. The molecule has 0 radical (unpaired) electrons. The average molecular weight is 376 g/mol. The maximum atomic E-state index is 5.31. The van der Waals surface area contributed by atoms with E-state index >= 15 is 0 Å². The molecule has 0 aliphatic carbocycles. The third-order valence-electron chi connectivity index (χ3n) is 4.27. The van der Waals surface area contributed by atoms with Gasteiger partial charge in [0.1, 0.15) is 17.2 Å². The minimum atomic E-state index is -0.0655. The summed E-state index contributed by atoms with van der Waals surface area (Å²) in [6, 6.07) is 6.28. The van der Waals surface area contributed by atoms with Crippen molar-refractivity contribution in [1.82, 2.24) is 9.38 Å². The Balaban J connectivity index is 0.00000243. The van der Waals surface area contributed by atoms with E-state index in [9.17, 15) is 0 Å². The summed E-state index contributed by atoms with van der Waals surface area (Å²) < 4.78 is 7.52. The van der Waals surface area contributed by atoms with Crippen molar-refractivity contribution in [2.24, 2.45) is 5.41 Å². The molecule has 26 heavy (non-hydrogen) atoms. The second-order valence-corrected chi connectivity index (χ2v) is 8.94. The number of aryl methyl sites for hydroxylation is 2. The average Bonchev–Trinajstić information content (AvgIpc) is 3.02. The van der Waals surface area contributed by atoms with Crippen molar-refractivity contribution in [1.29, 1.82) is 0 Å². The van der Waals surface area contributed by atoms with E-state index in [-0.39, 0.29) is 23.4 Å². The number of halogens is 1. The predicted octanol–water partition coefficient (Wildman–Crippen LogP) is 6.26. The number of furan rings is 1. The second-order valence-electron chi connectivity index (χ2n) is 8.94. The Morgan fingerprint density at radius 2 is 1.81 bits per heavy atom. The zero-order valence-electron chi connectivity index (χ0n) is 16.8. The molecular weight excluding hydrogens is 346 g/mol. The van der Waals surface area contributed by atoms with Crippen molar-refractivity contribution in [3.8, 4) is 11.3 Å². The number of imidazole rings is 1. The molecule has 142 valence electrons. The number of nitrogens with zero attached hydrogens (tertiary/aromatic N) is 2. The molecule has 5 heteroatoms. The fourth-order valence-electron chi connectivity index (χ4n) is 3.94. The van der Waals surface area contributed by atoms with Crippen molar-refractivity contribution in [3.05, 3.63) is 42.0 Å². The molecule has 0 fully saturated rings. The number of pyridine rings is 1. The van der Waals surface area contributed by atoms with Crippen LogP contribution in [0.1, 0.15) is 52.3 Å². The number of hydrogen-bond acceptors (Lipinski definition) is 3. The molecule has 0 atom stereocenters. The fraction of sp³-hybridized carbons (Fsp3) is 0.476. The van der Waals surface area contributed by atoms with Gasteiger partial charge >= 0.3 is 0 Å². The molecule has 0 spiro atoms. The van der Waals surface area contributed by atoms with E-state index in [2.05, 4.69) is 70.3 Å². The van der Waals surface area contributed by atoms with Crippen LogP contribution in [-0.2, 0) is 0 Å². The Morgan fingerprint density at radius 1 is 1.12 bits per heavy atom. The van der Waals surface area contributed by atoms with Gasteiger partial charge in [0.15, 0.2) is 0 Å². The molecule has 0 aliphatic heterocycles. The van der Waals surface area contributed by atoms with E-state index in [4.69, 9.17) is 9.40 Å². The molecule has 0 amide bonds. The number of rotatable bonds is 4. The zero-order valence-corrected chi connectivity index (χ0v) is 17.6. The van der Waals surface area contributed by atoms with Crippen LogP contribution in [-0.4, -0.2) is 14.9 Å². The number of fused-ring (bicyclic) bond motifs is 1. The Kier molecular flexibility index (Phi) is 5.48. The summed E-state index contributed by atoms with van der Waals surface area (Å²) in [6.07, 6.45) is 4.50. The predicted molar refractivity (Wildman–Crippen MR) is 111 cm³/mol. The molecule has 0 saturated heterocycles. The van der Waals surface area contributed by atoms with Crippen LogP contribution >= 0.6 is 12.4 Å². The first kappa shape index (κ1) is 20.4. The van der Waals surface area contributed by atoms with Gasteiger partial charge in [-0.15, -0.1) is 12.4 Å². The van der Waals surface area contributed by atoms with Gasteiger partial charge in [0.25, 0.3) is 0 Å². The van der Waals surface area contributed by atoms with Gasteiger partial charge in [0, 0.05) is 16.8 Å². The first-order chi connectivity index (χ1) is 11.6. The number of aromatic nitrogens is 2. The number of hydrogen-bond donors (Lipinski definition) is 1. The van der Waals surface area contributed by atoms with E-state index < -0.39 is 0 Å². The van der Waals surface area contributed by atoms with Crippen LogP contribution in [0.15, 0.2) is 35.1 Å². The Hall–Kier alpha value is -1.94. The van der Waals surface area contributed by atoms with Gasteiger partial charge in [-0.25, -0.2) is 4.98 Å². The molecule has 4 nitrogen and oxygen atoms in total. The second kappa shape index (κ2) is 6.99. The van der Waals surface area contributed by atoms with E-state index in [1.807, 2.05) is 6.07 Å². The molecule has 0 aromatic carbocycles. The molecule has 0 saturated carbocycles. The van der Waals surface area contributed by atoms with Crippen molar-refractivity contribution in [3.63, 3.8) is 0 Å². The van der Waals surface area contributed by atoms with E-state index in [1.54, 1.807) is 12.5 Å². The van der Waals surface area contributed by atoms with Gasteiger partial charge in [-0.1, -0.05) is 20.8 Å². The van der Waals surface area contributed by atoms with Crippen LogP contribution in [0.2, 0.25) is 0 Å². The van der Waals surface area contributed by atoms with Crippen LogP contribution in [0.3, 0.4) is 0 Å². The van der Waals surface area contributed by atoms with Crippen molar-refractivity contribution in [2.45, 2.75) is 60.4 Å². The maximum absolute atomic E-state index is 5.31. The molecule has 3 heterocycles. The molecule has 0 aliphatic rings. The van der Waals surface area contributed by atoms with Crippen LogP contribution in [0.25, 0.3) is 16.9 Å². The van der Waals surface area contributed by atoms with Crippen LogP contribution in [0, 0.1) is 19.3 Å². The highest BCUT2D eigenvalue weighted by atomic mass is 35.5. The zero-order chi connectivity index (χ0) is 18.4. The molecule has 3 aromatic rings. The molecule has 0 bridgehead atoms. The lowest BCUT2D eigenvalue weighted by Gasteiger charge is -2.34. The fourth-order valence-corrected chi connectivity index (χ4v) is 3.94. The summed E-state index contributed by atoms with van der Waals surface area (Å²) in [5.74, 6) is 1.03. The van der Waals surface area contributed by atoms with E-state index in [0.29, 0.717) is 0 Å². The molecular formula is C21H30ClN3O. The van der Waals surface area contributed by atoms with Gasteiger partial charge in [0.2, 0.25) is 0 Å². The van der Waals surface area contributed by atoms with Gasteiger partial charge in [-0.3, -0.25) is 4.40 Å². The normalized spacial score (nSPS) is 12.3. The Labute approximate surface area is 162 Å². The van der Waals surface area contributed by atoms with Crippen molar-refractivity contribution < 1.29 is 4.42 Å². The van der Waals surface area contributed by atoms with Crippen LogP contribution in [0.5, 0.6) is 0 Å². The summed E-state index contributed by atoms with van der Waals surface area (Å²) >= 11 is 0. The smallest absolute Gasteiger partial charge is 0.139 e. The minimum absolute atomic E-state index is 0. The Bertz CT molecular complexity index is 886. The number of nitrogens with one attached hydrogen (secondary N) is 1. The lowest BCUT2D eigenvalue weighted by Crippen LogP contribution is -2.36. The summed E-state index contributed by atoms with van der Waals surface area (Å²) in [4.78, 5) is 4.90. The van der Waals surface area contributed by atoms with Crippen LogP contribution in [0.4, 0.5) is 5.82 Å². The first-order valence-electron chi connectivity index (χ1n) is 8.86. The highest BCUT2D eigenvalue weighted by molar-refractivity contribution is 5.85. The van der Waals surface area contributed by atoms with E-state index in [1.165, 1.54) is 11.3 Å². The minimum Gasteiger partial charge on any atom is -0.472 e. The monoisotopic (exact) mass is 375 g/mol.